The maximum atomic E-state index is 12.1. The van der Waals surface area contributed by atoms with Crippen molar-refractivity contribution in [3.63, 3.8) is 0 Å². The maximum Gasteiger partial charge on any atom is 0.263 e. The summed E-state index contributed by atoms with van der Waals surface area (Å²) in [7, 11) is 0. The molecule has 1 aromatic heterocycles. The largest absolute Gasteiger partial charge is 0.347 e. The fraction of sp³-hybridized carbons (Fsp3) is 0.214. The molecule has 0 aliphatic heterocycles. The molecule has 0 spiro atoms. The first-order chi connectivity index (χ1) is 9.20. The van der Waals surface area contributed by atoms with Crippen LogP contribution in [0.25, 0.3) is 0 Å². The molecule has 1 unspecified atom stereocenters. The van der Waals surface area contributed by atoms with Crippen molar-refractivity contribution in [2.45, 2.75) is 12.5 Å². The topological polar surface area (TPSA) is 29.1 Å². The van der Waals surface area contributed by atoms with E-state index in [9.17, 15) is 4.79 Å². The average Bonchev–Trinajstić information content (AvgIpc) is 2.85. The van der Waals surface area contributed by atoms with E-state index in [4.69, 9.17) is 11.6 Å². The lowest BCUT2D eigenvalue weighted by Gasteiger charge is -2.16. The van der Waals surface area contributed by atoms with Gasteiger partial charge in [-0.05, 0) is 23.4 Å². The van der Waals surface area contributed by atoms with Gasteiger partial charge in [0.05, 0.1) is 5.02 Å². The number of rotatable bonds is 5. The van der Waals surface area contributed by atoms with Gasteiger partial charge >= 0.3 is 0 Å². The number of hydrogen-bond acceptors (Lipinski definition) is 2. The number of nitrogens with one attached hydrogen (secondary N) is 1. The van der Waals surface area contributed by atoms with E-state index >= 15 is 0 Å². The predicted octanol–water partition coefficient (Wildman–Crippen LogP) is 4.14. The number of benzene rings is 1. The SMILES string of the molecule is O=C(NC(CBr)Cc1ccccc1)c1sccc1Cl. The Morgan fingerprint density at radius 3 is 2.63 bits per heavy atom. The molecule has 1 atom stereocenters. The van der Waals surface area contributed by atoms with Crippen LogP contribution in [0.1, 0.15) is 15.2 Å². The van der Waals surface area contributed by atoms with E-state index in [0.717, 1.165) is 6.42 Å². The molecular weight excluding hydrogens is 346 g/mol. The second kappa shape index (κ2) is 7.08. The van der Waals surface area contributed by atoms with Crippen LogP contribution in [-0.2, 0) is 6.42 Å². The summed E-state index contributed by atoms with van der Waals surface area (Å²) in [4.78, 5) is 12.7. The highest BCUT2D eigenvalue weighted by atomic mass is 79.9. The Hall–Kier alpha value is -0.840. The van der Waals surface area contributed by atoms with Crippen molar-refractivity contribution in [1.82, 2.24) is 5.32 Å². The van der Waals surface area contributed by atoms with Crippen LogP contribution in [0.15, 0.2) is 41.8 Å². The summed E-state index contributed by atoms with van der Waals surface area (Å²) >= 11 is 10.8. The molecular formula is C14H13BrClNOS. The Labute approximate surface area is 129 Å². The highest BCUT2D eigenvalue weighted by Gasteiger charge is 2.16. The van der Waals surface area contributed by atoms with E-state index in [0.29, 0.717) is 15.2 Å². The highest BCUT2D eigenvalue weighted by Crippen LogP contribution is 2.22. The van der Waals surface area contributed by atoms with Crippen LogP contribution in [0.2, 0.25) is 5.02 Å². The molecule has 0 aliphatic carbocycles. The van der Waals surface area contributed by atoms with Gasteiger partial charge in [-0.3, -0.25) is 4.79 Å². The zero-order valence-electron chi connectivity index (χ0n) is 10.1. The zero-order valence-corrected chi connectivity index (χ0v) is 13.3. The van der Waals surface area contributed by atoms with Crippen molar-refractivity contribution >= 4 is 44.8 Å². The van der Waals surface area contributed by atoms with Crippen LogP contribution in [0.4, 0.5) is 0 Å². The third-order valence-electron chi connectivity index (χ3n) is 2.67. The number of thiophene rings is 1. The maximum absolute atomic E-state index is 12.1. The molecule has 0 fully saturated rings. The third kappa shape index (κ3) is 4.06. The van der Waals surface area contributed by atoms with E-state index in [2.05, 4.69) is 33.4 Å². The second-order valence-electron chi connectivity index (χ2n) is 4.11. The molecule has 1 aromatic carbocycles. The molecule has 0 radical (unpaired) electrons. The molecule has 100 valence electrons. The van der Waals surface area contributed by atoms with Gasteiger partial charge in [0.25, 0.3) is 5.91 Å². The van der Waals surface area contributed by atoms with Crippen LogP contribution in [0, 0.1) is 0 Å². The predicted molar refractivity (Wildman–Crippen MR) is 84.5 cm³/mol. The summed E-state index contributed by atoms with van der Waals surface area (Å²) in [6.45, 7) is 0. The number of alkyl halides is 1. The lowest BCUT2D eigenvalue weighted by molar-refractivity contribution is 0.0945. The quantitative estimate of drug-likeness (QED) is 0.800. The molecule has 2 nitrogen and oxygen atoms in total. The fourth-order valence-electron chi connectivity index (χ4n) is 1.75. The molecule has 0 aliphatic rings. The molecule has 5 heteroatoms. The molecule has 1 amide bonds. The minimum atomic E-state index is -0.111. The first-order valence-electron chi connectivity index (χ1n) is 5.84. The molecule has 0 saturated carbocycles. The minimum Gasteiger partial charge on any atom is -0.347 e. The van der Waals surface area contributed by atoms with Crippen molar-refractivity contribution < 1.29 is 4.79 Å². The highest BCUT2D eigenvalue weighted by molar-refractivity contribution is 9.09. The van der Waals surface area contributed by atoms with Crippen molar-refractivity contribution in [3.8, 4) is 0 Å². The number of amides is 1. The Morgan fingerprint density at radius 2 is 2.05 bits per heavy atom. The van der Waals surface area contributed by atoms with Crippen molar-refractivity contribution in [3.05, 3.63) is 57.2 Å². The molecule has 0 saturated heterocycles. The van der Waals surface area contributed by atoms with Gasteiger partial charge in [0.15, 0.2) is 0 Å². The fourth-order valence-corrected chi connectivity index (χ4v) is 3.18. The van der Waals surface area contributed by atoms with Crippen LogP contribution in [0.3, 0.4) is 0 Å². The second-order valence-corrected chi connectivity index (χ2v) is 6.08. The number of hydrogen-bond donors (Lipinski definition) is 1. The van der Waals surface area contributed by atoms with Gasteiger partial charge in [-0.2, -0.15) is 0 Å². The van der Waals surface area contributed by atoms with Gasteiger partial charge in [-0.15, -0.1) is 11.3 Å². The summed E-state index contributed by atoms with van der Waals surface area (Å²) in [5, 5.41) is 6.03. The summed E-state index contributed by atoms with van der Waals surface area (Å²) < 4.78 is 0. The van der Waals surface area contributed by atoms with Crippen LogP contribution < -0.4 is 5.32 Å². The molecule has 2 aromatic rings. The Morgan fingerprint density at radius 1 is 1.32 bits per heavy atom. The lowest BCUT2D eigenvalue weighted by Crippen LogP contribution is -2.37. The van der Waals surface area contributed by atoms with E-state index in [-0.39, 0.29) is 11.9 Å². The minimum absolute atomic E-state index is 0.0491. The van der Waals surface area contributed by atoms with Gasteiger partial charge in [0.1, 0.15) is 4.88 Å². The molecule has 0 bridgehead atoms. The Balaban J connectivity index is 2.00. The first-order valence-corrected chi connectivity index (χ1v) is 8.22. The zero-order chi connectivity index (χ0) is 13.7. The van der Waals surface area contributed by atoms with Gasteiger partial charge in [-0.1, -0.05) is 57.9 Å². The van der Waals surface area contributed by atoms with E-state index in [1.54, 1.807) is 6.07 Å². The Bertz CT molecular complexity index is 543. The van der Waals surface area contributed by atoms with Crippen LogP contribution >= 0.6 is 38.9 Å². The molecule has 1 N–H and O–H groups in total. The lowest BCUT2D eigenvalue weighted by atomic mass is 10.1. The van der Waals surface area contributed by atoms with Crippen LogP contribution in [0.5, 0.6) is 0 Å². The van der Waals surface area contributed by atoms with E-state index in [1.165, 1.54) is 16.9 Å². The molecule has 19 heavy (non-hydrogen) atoms. The molecule has 1 heterocycles. The monoisotopic (exact) mass is 357 g/mol. The summed E-state index contributed by atoms with van der Waals surface area (Å²) in [6.07, 6.45) is 0.792. The average molecular weight is 359 g/mol. The summed E-state index contributed by atoms with van der Waals surface area (Å²) in [6, 6.07) is 11.9. The normalized spacial score (nSPS) is 12.1. The van der Waals surface area contributed by atoms with Crippen molar-refractivity contribution in [1.29, 1.82) is 0 Å². The number of carbonyl (C=O) groups excluding carboxylic acids is 1. The van der Waals surface area contributed by atoms with Gasteiger partial charge in [0.2, 0.25) is 0 Å². The van der Waals surface area contributed by atoms with Crippen LogP contribution in [-0.4, -0.2) is 17.3 Å². The number of halogens is 2. The van der Waals surface area contributed by atoms with Gasteiger partial charge < -0.3 is 5.32 Å². The summed E-state index contributed by atoms with van der Waals surface area (Å²) in [5.41, 5.74) is 1.20. The summed E-state index contributed by atoms with van der Waals surface area (Å²) in [5.74, 6) is -0.111. The smallest absolute Gasteiger partial charge is 0.263 e. The first kappa shape index (κ1) is 14.6. The van der Waals surface area contributed by atoms with E-state index in [1.807, 2.05) is 23.6 Å². The third-order valence-corrected chi connectivity index (χ3v) is 4.79. The standard InChI is InChI=1S/C14H13BrClNOS/c15-9-11(8-10-4-2-1-3-5-10)17-14(18)13-12(16)6-7-19-13/h1-7,11H,8-9H2,(H,17,18). The van der Waals surface area contributed by atoms with E-state index < -0.39 is 0 Å². The molecule has 2 rings (SSSR count). The van der Waals surface area contributed by atoms with Gasteiger partial charge in [0, 0.05) is 11.4 Å². The number of carbonyl (C=O) groups is 1. The van der Waals surface area contributed by atoms with Crippen molar-refractivity contribution in [2.24, 2.45) is 0 Å². The Kier molecular flexibility index (Phi) is 5.43. The van der Waals surface area contributed by atoms with Gasteiger partial charge in [-0.25, -0.2) is 0 Å². The van der Waals surface area contributed by atoms with Crippen molar-refractivity contribution in [2.75, 3.05) is 5.33 Å².